The number of ether oxygens (including phenoxy) is 2. The largest absolute Gasteiger partial charge is 0.491 e. The second-order valence-corrected chi connectivity index (χ2v) is 7.00. The second-order valence-electron chi connectivity index (χ2n) is 5.32. The van der Waals surface area contributed by atoms with Crippen molar-refractivity contribution < 1.29 is 22.7 Å². The van der Waals surface area contributed by atoms with Crippen molar-refractivity contribution in [3.05, 3.63) is 54.1 Å². The van der Waals surface area contributed by atoms with Crippen molar-refractivity contribution in [2.75, 3.05) is 11.8 Å². The predicted molar refractivity (Wildman–Crippen MR) is 90.8 cm³/mol. The molecule has 0 aliphatic carbocycles. The maximum absolute atomic E-state index is 12.4. The van der Waals surface area contributed by atoms with Gasteiger partial charge in [-0.3, -0.25) is 4.72 Å². The zero-order chi connectivity index (χ0) is 17.7. The lowest BCUT2D eigenvalue weighted by Gasteiger charge is -2.12. The Balaban J connectivity index is 2.20. The summed E-state index contributed by atoms with van der Waals surface area (Å²) in [5.74, 6) is 0.0582. The lowest BCUT2D eigenvalue weighted by Crippen LogP contribution is -2.14. The average molecular weight is 349 g/mol. The number of methoxy groups -OCH3 is 1. The van der Waals surface area contributed by atoms with Crippen molar-refractivity contribution in [1.29, 1.82) is 0 Å². The minimum Gasteiger partial charge on any atom is -0.491 e. The molecule has 2 aromatic carbocycles. The smallest absolute Gasteiger partial charge is 0.337 e. The molecule has 2 aromatic rings. The van der Waals surface area contributed by atoms with E-state index in [-0.39, 0.29) is 16.6 Å². The Morgan fingerprint density at radius 3 is 2.33 bits per heavy atom. The van der Waals surface area contributed by atoms with Crippen molar-refractivity contribution in [1.82, 2.24) is 0 Å². The van der Waals surface area contributed by atoms with Crippen LogP contribution in [0.5, 0.6) is 5.75 Å². The molecule has 0 aliphatic heterocycles. The van der Waals surface area contributed by atoms with E-state index in [0.29, 0.717) is 11.4 Å². The number of hydrogen-bond donors (Lipinski definition) is 1. The Morgan fingerprint density at radius 2 is 1.75 bits per heavy atom. The normalized spacial score (nSPS) is 11.2. The number of sulfonamides is 1. The number of hydrogen-bond acceptors (Lipinski definition) is 5. The summed E-state index contributed by atoms with van der Waals surface area (Å²) in [7, 11) is -2.57. The topological polar surface area (TPSA) is 81.7 Å². The first-order chi connectivity index (χ1) is 11.3. The summed E-state index contributed by atoms with van der Waals surface area (Å²) < 4.78 is 37.4. The van der Waals surface area contributed by atoms with Crippen LogP contribution in [0.25, 0.3) is 0 Å². The Labute approximate surface area is 141 Å². The third-order valence-corrected chi connectivity index (χ3v) is 4.42. The lowest BCUT2D eigenvalue weighted by atomic mass is 10.2. The van der Waals surface area contributed by atoms with Gasteiger partial charge in [0.25, 0.3) is 10.0 Å². The summed E-state index contributed by atoms with van der Waals surface area (Å²) in [5, 5.41) is 0. The number of carbonyl (C=O) groups is 1. The second kappa shape index (κ2) is 7.35. The van der Waals surface area contributed by atoms with Crippen LogP contribution in [0.1, 0.15) is 24.2 Å². The number of benzene rings is 2. The molecule has 0 saturated carbocycles. The fraction of sp³-hybridized carbons (Fsp3) is 0.235. The van der Waals surface area contributed by atoms with Crippen molar-refractivity contribution in [2.45, 2.75) is 24.8 Å². The van der Waals surface area contributed by atoms with Gasteiger partial charge in [-0.2, -0.15) is 0 Å². The number of nitrogens with one attached hydrogen (secondary N) is 1. The number of carbonyl (C=O) groups excluding carboxylic acids is 1. The van der Waals surface area contributed by atoms with E-state index >= 15 is 0 Å². The summed E-state index contributed by atoms with van der Waals surface area (Å²) >= 11 is 0. The molecule has 1 N–H and O–H groups in total. The van der Waals surface area contributed by atoms with Crippen LogP contribution in [0.2, 0.25) is 0 Å². The first kappa shape index (κ1) is 17.8. The molecule has 0 fully saturated rings. The number of anilines is 1. The van der Waals surface area contributed by atoms with Crippen LogP contribution in [0.3, 0.4) is 0 Å². The monoisotopic (exact) mass is 349 g/mol. The molecular weight excluding hydrogens is 330 g/mol. The number of esters is 1. The van der Waals surface area contributed by atoms with Gasteiger partial charge in [0.15, 0.2) is 0 Å². The van der Waals surface area contributed by atoms with Crippen LogP contribution < -0.4 is 9.46 Å². The van der Waals surface area contributed by atoms with Gasteiger partial charge in [0, 0.05) is 5.69 Å². The van der Waals surface area contributed by atoms with E-state index in [1.54, 1.807) is 24.3 Å². The third kappa shape index (κ3) is 4.48. The van der Waals surface area contributed by atoms with Gasteiger partial charge in [-0.1, -0.05) is 6.07 Å². The molecule has 6 nitrogen and oxygen atoms in total. The van der Waals surface area contributed by atoms with E-state index in [2.05, 4.69) is 9.46 Å². The van der Waals surface area contributed by atoms with Crippen LogP contribution in [0.15, 0.2) is 53.4 Å². The van der Waals surface area contributed by atoms with Crippen LogP contribution in [0, 0.1) is 0 Å². The minimum absolute atomic E-state index is 0.0205. The average Bonchev–Trinajstić information content (AvgIpc) is 2.55. The zero-order valence-electron chi connectivity index (χ0n) is 13.6. The molecule has 128 valence electrons. The molecule has 0 heterocycles. The van der Waals surface area contributed by atoms with E-state index in [1.165, 1.54) is 31.4 Å². The van der Waals surface area contributed by atoms with Crippen molar-refractivity contribution >= 4 is 21.7 Å². The molecule has 24 heavy (non-hydrogen) atoms. The first-order valence-corrected chi connectivity index (χ1v) is 8.78. The Hall–Kier alpha value is -2.54. The van der Waals surface area contributed by atoms with Gasteiger partial charge in [-0.25, -0.2) is 13.2 Å². The van der Waals surface area contributed by atoms with Crippen LogP contribution in [0.4, 0.5) is 5.69 Å². The first-order valence-electron chi connectivity index (χ1n) is 7.30. The summed E-state index contributed by atoms with van der Waals surface area (Å²) in [5.41, 5.74) is 0.565. The molecule has 0 radical (unpaired) electrons. The van der Waals surface area contributed by atoms with Crippen LogP contribution in [-0.4, -0.2) is 27.6 Å². The molecule has 0 atom stereocenters. The highest BCUT2D eigenvalue weighted by atomic mass is 32.2. The highest BCUT2D eigenvalue weighted by Crippen LogP contribution is 2.21. The van der Waals surface area contributed by atoms with Gasteiger partial charge >= 0.3 is 5.97 Å². The number of rotatable bonds is 6. The molecule has 0 saturated heterocycles. The van der Waals surface area contributed by atoms with Crippen molar-refractivity contribution in [2.24, 2.45) is 0 Å². The molecule has 0 unspecified atom stereocenters. The molecular formula is C17H19NO5S. The quantitative estimate of drug-likeness (QED) is 0.811. The van der Waals surface area contributed by atoms with E-state index in [1.807, 2.05) is 13.8 Å². The molecule has 0 amide bonds. The molecule has 0 aromatic heterocycles. The fourth-order valence-electron chi connectivity index (χ4n) is 2.00. The summed E-state index contributed by atoms with van der Waals surface area (Å²) in [6.07, 6.45) is 0.0357. The van der Waals surface area contributed by atoms with E-state index in [9.17, 15) is 13.2 Å². The van der Waals surface area contributed by atoms with E-state index in [4.69, 9.17) is 4.74 Å². The van der Waals surface area contributed by atoms with E-state index in [0.717, 1.165) is 0 Å². The van der Waals surface area contributed by atoms with E-state index < -0.39 is 16.0 Å². The third-order valence-electron chi connectivity index (χ3n) is 3.04. The van der Waals surface area contributed by atoms with Gasteiger partial charge in [-0.15, -0.1) is 0 Å². The highest BCUT2D eigenvalue weighted by molar-refractivity contribution is 7.92. The molecule has 2 rings (SSSR count). The Morgan fingerprint density at radius 1 is 1.08 bits per heavy atom. The molecule has 7 heteroatoms. The maximum Gasteiger partial charge on any atom is 0.337 e. The molecule has 0 bridgehead atoms. The maximum atomic E-state index is 12.4. The van der Waals surface area contributed by atoms with Gasteiger partial charge in [0.1, 0.15) is 5.75 Å². The van der Waals surface area contributed by atoms with Gasteiger partial charge < -0.3 is 9.47 Å². The fourth-order valence-corrected chi connectivity index (χ4v) is 3.10. The van der Waals surface area contributed by atoms with Crippen LogP contribution in [-0.2, 0) is 14.8 Å². The minimum atomic E-state index is -3.81. The Kier molecular flexibility index (Phi) is 5.46. The summed E-state index contributed by atoms with van der Waals surface area (Å²) in [6.45, 7) is 3.82. The van der Waals surface area contributed by atoms with Crippen molar-refractivity contribution in [3.8, 4) is 5.75 Å². The van der Waals surface area contributed by atoms with Crippen LogP contribution >= 0.6 is 0 Å². The van der Waals surface area contributed by atoms with Crippen molar-refractivity contribution in [3.63, 3.8) is 0 Å². The lowest BCUT2D eigenvalue weighted by molar-refractivity contribution is 0.0600. The van der Waals surface area contributed by atoms with Gasteiger partial charge in [-0.05, 0) is 56.3 Å². The predicted octanol–water partition coefficient (Wildman–Crippen LogP) is 3.06. The van der Waals surface area contributed by atoms with Gasteiger partial charge in [0.2, 0.25) is 0 Å². The van der Waals surface area contributed by atoms with Gasteiger partial charge in [0.05, 0.1) is 23.7 Å². The summed E-state index contributed by atoms with van der Waals surface area (Å²) in [4.78, 5) is 11.5. The Bertz CT molecular complexity index is 813. The highest BCUT2D eigenvalue weighted by Gasteiger charge is 2.16. The molecule has 0 spiro atoms. The summed E-state index contributed by atoms with van der Waals surface area (Å²) in [6, 6.07) is 12.2. The SMILES string of the molecule is COC(=O)c1cccc(S(=O)(=O)Nc2ccc(OC(C)C)cc2)c1. The zero-order valence-corrected chi connectivity index (χ0v) is 14.5. The molecule has 0 aliphatic rings. The standard InChI is InChI=1S/C17H19NO5S/c1-12(2)23-15-9-7-14(8-10-15)18-24(20,21)16-6-4-5-13(11-16)17(19)22-3/h4-12,18H,1-3H3.